The van der Waals surface area contributed by atoms with E-state index in [0.717, 1.165) is 30.4 Å². The number of hydrogen-bond donors (Lipinski definition) is 2. The number of carbonyl (C=O) groups excluding carboxylic acids is 1. The summed E-state index contributed by atoms with van der Waals surface area (Å²) >= 11 is 6.01. The van der Waals surface area contributed by atoms with Gasteiger partial charge in [0.1, 0.15) is 0 Å². The van der Waals surface area contributed by atoms with E-state index in [1.165, 1.54) is 6.08 Å². The average Bonchev–Trinajstić information content (AvgIpc) is 2.35. The molecule has 1 fully saturated rings. The number of rotatable bonds is 4. The smallest absolute Gasteiger partial charge is 0.244 e. The lowest BCUT2D eigenvalue weighted by atomic mass is 9.80. The Kier molecular flexibility index (Phi) is 4.27. The van der Waals surface area contributed by atoms with Gasteiger partial charge in [-0.25, -0.2) is 0 Å². The molecule has 2 rings (SSSR count). The third-order valence-corrected chi connectivity index (χ3v) is 3.91. The predicted octanol–water partition coefficient (Wildman–Crippen LogP) is 2.69. The molecule has 0 saturated heterocycles. The van der Waals surface area contributed by atoms with Crippen LogP contribution in [0.1, 0.15) is 30.4 Å². The first-order chi connectivity index (χ1) is 8.98. The summed E-state index contributed by atoms with van der Waals surface area (Å²) in [5.41, 5.74) is 1.21. The van der Waals surface area contributed by atoms with Gasteiger partial charge < -0.3 is 10.4 Å². The van der Waals surface area contributed by atoms with Gasteiger partial charge in [0.05, 0.1) is 5.60 Å². The molecule has 1 aromatic rings. The lowest BCUT2D eigenvalue weighted by Gasteiger charge is -2.36. The SMILES string of the molecule is Cc1ccc(C=CC(=O)NCC2(O)CCC2)cc1Cl. The second kappa shape index (κ2) is 5.76. The Bertz CT molecular complexity index is 507. The third kappa shape index (κ3) is 3.82. The van der Waals surface area contributed by atoms with E-state index in [1.54, 1.807) is 6.08 Å². The average molecular weight is 280 g/mol. The molecule has 19 heavy (non-hydrogen) atoms. The molecule has 3 nitrogen and oxygen atoms in total. The van der Waals surface area contributed by atoms with Crippen LogP contribution < -0.4 is 5.32 Å². The van der Waals surface area contributed by atoms with Crippen molar-refractivity contribution in [1.29, 1.82) is 0 Å². The molecule has 1 aliphatic rings. The number of hydrogen-bond acceptors (Lipinski definition) is 2. The van der Waals surface area contributed by atoms with E-state index in [-0.39, 0.29) is 5.91 Å². The number of benzene rings is 1. The summed E-state index contributed by atoms with van der Waals surface area (Å²) in [7, 11) is 0. The van der Waals surface area contributed by atoms with Crippen molar-refractivity contribution < 1.29 is 9.90 Å². The summed E-state index contributed by atoms with van der Waals surface area (Å²) in [6, 6.07) is 5.64. The Hall–Kier alpha value is -1.32. The lowest BCUT2D eigenvalue weighted by Crippen LogP contribution is -2.47. The molecule has 0 aromatic heterocycles. The van der Waals surface area contributed by atoms with Crippen molar-refractivity contribution in [3.63, 3.8) is 0 Å². The van der Waals surface area contributed by atoms with Crippen LogP contribution in [-0.2, 0) is 4.79 Å². The lowest BCUT2D eigenvalue weighted by molar-refractivity contribution is -0.118. The molecule has 0 aliphatic heterocycles. The summed E-state index contributed by atoms with van der Waals surface area (Å²) in [6.07, 6.45) is 5.74. The van der Waals surface area contributed by atoms with Gasteiger partial charge >= 0.3 is 0 Å². The first-order valence-electron chi connectivity index (χ1n) is 6.43. The Balaban J connectivity index is 1.87. The largest absolute Gasteiger partial charge is 0.388 e. The molecule has 4 heteroatoms. The molecule has 0 bridgehead atoms. The third-order valence-electron chi connectivity index (χ3n) is 3.50. The van der Waals surface area contributed by atoms with Gasteiger partial charge in [0.25, 0.3) is 0 Å². The van der Waals surface area contributed by atoms with Gasteiger partial charge in [0.15, 0.2) is 0 Å². The Morgan fingerprint density at radius 1 is 1.53 bits per heavy atom. The highest BCUT2D eigenvalue weighted by atomic mass is 35.5. The summed E-state index contributed by atoms with van der Waals surface area (Å²) in [6.45, 7) is 2.26. The van der Waals surface area contributed by atoms with Crippen LogP contribution in [0.15, 0.2) is 24.3 Å². The maximum Gasteiger partial charge on any atom is 0.244 e. The highest BCUT2D eigenvalue weighted by Gasteiger charge is 2.34. The summed E-state index contributed by atoms with van der Waals surface area (Å²) in [4.78, 5) is 11.6. The van der Waals surface area contributed by atoms with Crippen LogP contribution in [0.4, 0.5) is 0 Å². The zero-order valence-electron chi connectivity index (χ0n) is 10.9. The fraction of sp³-hybridized carbons (Fsp3) is 0.400. The summed E-state index contributed by atoms with van der Waals surface area (Å²) in [5.74, 6) is -0.197. The fourth-order valence-corrected chi connectivity index (χ4v) is 2.15. The fourth-order valence-electron chi connectivity index (χ4n) is 1.96. The second-order valence-electron chi connectivity index (χ2n) is 5.14. The van der Waals surface area contributed by atoms with Crippen molar-refractivity contribution >= 4 is 23.6 Å². The van der Waals surface area contributed by atoms with Crippen molar-refractivity contribution in [2.75, 3.05) is 6.54 Å². The molecule has 1 saturated carbocycles. The molecule has 102 valence electrons. The maximum absolute atomic E-state index is 11.6. The van der Waals surface area contributed by atoms with Crippen molar-refractivity contribution in [2.24, 2.45) is 0 Å². The van der Waals surface area contributed by atoms with Crippen LogP contribution in [-0.4, -0.2) is 23.2 Å². The minimum atomic E-state index is -0.684. The van der Waals surface area contributed by atoms with E-state index >= 15 is 0 Å². The molecule has 0 radical (unpaired) electrons. The first kappa shape index (κ1) is 14.1. The van der Waals surface area contributed by atoms with Crippen molar-refractivity contribution in [2.45, 2.75) is 31.8 Å². The summed E-state index contributed by atoms with van der Waals surface area (Å²) in [5, 5.41) is 13.3. The number of aliphatic hydroxyl groups is 1. The van der Waals surface area contributed by atoms with Crippen LogP contribution in [0.5, 0.6) is 0 Å². The monoisotopic (exact) mass is 279 g/mol. The van der Waals surface area contributed by atoms with E-state index < -0.39 is 5.60 Å². The van der Waals surface area contributed by atoms with Crippen LogP contribution in [0, 0.1) is 6.92 Å². The van der Waals surface area contributed by atoms with Gasteiger partial charge in [0, 0.05) is 17.6 Å². The second-order valence-corrected chi connectivity index (χ2v) is 5.54. The Morgan fingerprint density at radius 3 is 2.84 bits per heavy atom. The van der Waals surface area contributed by atoms with E-state index in [2.05, 4.69) is 5.32 Å². The van der Waals surface area contributed by atoms with E-state index in [0.29, 0.717) is 11.6 Å². The van der Waals surface area contributed by atoms with Gasteiger partial charge in [-0.1, -0.05) is 23.7 Å². The first-order valence-corrected chi connectivity index (χ1v) is 6.81. The molecule has 0 heterocycles. The minimum absolute atomic E-state index is 0.197. The topological polar surface area (TPSA) is 49.3 Å². The number of amides is 1. The van der Waals surface area contributed by atoms with Crippen molar-refractivity contribution in [3.05, 3.63) is 40.4 Å². The van der Waals surface area contributed by atoms with Crippen LogP contribution in [0.25, 0.3) is 6.08 Å². The molecule has 2 N–H and O–H groups in total. The van der Waals surface area contributed by atoms with Crippen molar-refractivity contribution in [3.8, 4) is 0 Å². The molecule has 1 aliphatic carbocycles. The molecular formula is C15H18ClNO2. The van der Waals surface area contributed by atoms with E-state index in [9.17, 15) is 9.90 Å². The van der Waals surface area contributed by atoms with Gasteiger partial charge in [-0.2, -0.15) is 0 Å². The Labute approximate surface area is 118 Å². The van der Waals surface area contributed by atoms with Gasteiger partial charge in [-0.15, -0.1) is 0 Å². The quantitative estimate of drug-likeness (QED) is 0.833. The van der Waals surface area contributed by atoms with Crippen LogP contribution >= 0.6 is 11.6 Å². The molecule has 0 atom stereocenters. The number of nitrogens with one attached hydrogen (secondary N) is 1. The molecule has 0 unspecified atom stereocenters. The number of aryl methyl sites for hydroxylation is 1. The number of halogens is 1. The van der Waals surface area contributed by atoms with Gasteiger partial charge in [-0.3, -0.25) is 4.79 Å². The van der Waals surface area contributed by atoms with Crippen LogP contribution in [0.2, 0.25) is 5.02 Å². The molecular weight excluding hydrogens is 262 g/mol. The zero-order chi connectivity index (χ0) is 13.9. The van der Waals surface area contributed by atoms with Crippen LogP contribution in [0.3, 0.4) is 0 Å². The Morgan fingerprint density at radius 2 is 2.26 bits per heavy atom. The number of carbonyl (C=O) groups is 1. The normalized spacial score (nSPS) is 17.2. The van der Waals surface area contributed by atoms with Gasteiger partial charge in [-0.05, 0) is 49.5 Å². The predicted molar refractivity (Wildman–Crippen MR) is 77.0 cm³/mol. The zero-order valence-corrected chi connectivity index (χ0v) is 11.7. The standard InChI is InChI=1S/C15H18ClNO2/c1-11-3-4-12(9-13(11)16)5-6-14(18)17-10-15(19)7-2-8-15/h3-6,9,19H,2,7-8,10H2,1H3,(H,17,18). The highest BCUT2D eigenvalue weighted by molar-refractivity contribution is 6.31. The van der Waals surface area contributed by atoms with Gasteiger partial charge in [0.2, 0.25) is 5.91 Å². The minimum Gasteiger partial charge on any atom is -0.388 e. The van der Waals surface area contributed by atoms with E-state index in [1.807, 2.05) is 25.1 Å². The molecule has 1 aromatic carbocycles. The van der Waals surface area contributed by atoms with Crippen molar-refractivity contribution in [1.82, 2.24) is 5.32 Å². The highest BCUT2D eigenvalue weighted by Crippen LogP contribution is 2.30. The molecule has 1 amide bonds. The maximum atomic E-state index is 11.6. The summed E-state index contributed by atoms with van der Waals surface area (Å²) < 4.78 is 0. The van der Waals surface area contributed by atoms with E-state index in [4.69, 9.17) is 11.6 Å². The molecule has 0 spiro atoms.